The van der Waals surface area contributed by atoms with Gasteiger partial charge in [-0.15, -0.1) is 0 Å². The molecule has 1 atom stereocenters. The summed E-state index contributed by atoms with van der Waals surface area (Å²) in [6.07, 6.45) is 9.97. The van der Waals surface area contributed by atoms with Gasteiger partial charge < -0.3 is 14.8 Å². The lowest BCUT2D eigenvalue weighted by Gasteiger charge is -2.25. The van der Waals surface area contributed by atoms with Gasteiger partial charge in [0.15, 0.2) is 0 Å². The van der Waals surface area contributed by atoms with E-state index in [0.29, 0.717) is 0 Å². The summed E-state index contributed by atoms with van der Waals surface area (Å²) in [5.74, 6) is 1.77. The summed E-state index contributed by atoms with van der Waals surface area (Å²) in [5.41, 5.74) is 2.57. The lowest BCUT2D eigenvalue weighted by atomic mass is 9.90. The minimum Gasteiger partial charge on any atom is -0.496 e. The minimum absolute atomic E-state index is 0.161. The topological polar surface area (TPSA) is 30.5 Å². The maximum atomic E-state index is 5.57. The third-order valence-corrected chi connectivity index (χ3v) is 4.24. The van der Waals surface area contributed by atoms with Crippen molar-refractivity contribution in [1.82, 2.24) is 5.32 Å². The Labute approximate surface area is 128 Å². The summed E-state index contributed by atoms with van der Waals surface area (Å²) >= 11 is 0. The molecule has 1 aromatic carbocycles. The lowest BCUT2D eigenvalue weighted by Crippen LogP contribution is -2.21. The van der Waals surface area contributed by atoms with Crippen molar-refractivity contribution in [3.8, 4) is 11.5 Å². The molecule has 0 aromatic heterocycles. The molecule has 1 unspecified atom stereocenters. The molecule has 0 heterocycles. The highest BCUT2D eigenvalue weighted by Crippen LogP contribution is 2.39. The van der Waals surface area contributed by atoms with Gasteiger partial charge in [0, 0.05) is 0 Å². The van der Waals surface area contributed by atoms with Crippen LogP contribution in [0.4, 0.5) is 0 Å². The predicted octanol–water partition coefficient (Wildman–Crippen LogP) is 4.24. The van der Waals surface area contributed by atoms with Crippen LogP contribution in [0.3, 0.4) is 0 Å². The Hall–Kier alpha value is -1.48. The smallest absolute Gasteiger partial charge is 0.127 e. The summed E-state index contributed by atoms with van der Waals surface area (Å²) in [4.78, 5) is 0. The van der Waals surface area contributed by atoms with Crippen LogP contribution in [-0.4, -0.2) is 21.3 Å². The van der Waals surface area contributed by atoms with Crippen molar-refractivity contribution in [3.63, 3.8) is 0 Å². The number of ether oxygens (including phenoxy) is 2. The third kappa shape index (κ3) is 3.79. The maximum Gasteiger partial charge on any atom is 0.127 e. The fraction of sp³-hybridized carbons (Fsp3) is 0.556. The molecule has 3 heteroatoms. The van der Waals surface area contributed by atoms with Crippen LogP contribution in [0.2, 0.25) is 0 Å². The molecule has 0 bridgehead atoms. The van der Waals surface area contributed by atoms with Crippen LogP contribution in [0, 0.1) is 0 Å². The van der Waals surface area contributed by atoms with E-state index in [0.717, 1.165) is 23.5 Å². The molecule has 0 fully saturated rings. The van der Waals surface area contributed by atoms with Gasteiger partial charge in [0.1, 0.15) is 11.5 Å². The van der Waals surface area contributed by atoms with Gasteiger partial charge in [-0.1, -0.05) is 30.6 Å². The largest absolute Gasteiger partial charge is 0.496 e. The van der Waals surface area contributed by atoms with Crippen molar-refractivity contribution < 1.29 is 9.47 Å². The first-order valence-electron chi connectivity index (χ1n) is 7.89. The van der Waals surface area contributed by atoms with E-state index in [1.54, 1.807) is 14.2 Å². The fourth-order valence-corrected chi connectivity index (χ4v) is 3.16. The van der Waals surface area contributed by atoms with Crippen LogP contribution < -0.4 is 14.8 Å². The number of allylic oxidation sites excluding steroid dienone is 1. The second-order valence-electron chi connectivity index (χ2n) is 5.53. The molecule has 1 aliphatic carbocycles. The van der Waals surface area contributed by atoms with Gasteiger partial charge in [0.25, 0.3) is 0 Å². The van der Waals surface area contributed by atoms with E-state index in [9.17, 15) is 0 Å². The van der Waals surface area contributed by atoms with E-state index >= 15 is 0 Å². The quantitative estimate of drug-likeness (QED) is 0.822. The van der Waals surface area contributed by atoms with E-state index < -0.39 is 0 Å². The van der Waals surface area contributed by atoms with Crippen LogP contribution in [0.25, 0.3) is 0 Å². The summed E-state index contributed by atoms with van der Waals surface area (Å²) in [6.45, 7) is 0. The van der Waals surface area contributed by atoms with Gasteiger partial charge in [-0.25, -0.2) is 0 Å². The Bertz CT molecular complexity index is 460. The van der Waals surface area contributed by atoms with Crippen LogP contribution in [-0.2, 0) is 0 Å². The molecule has 1 aliphatic rings. The Kier molecular flexibility index (Phi) is 6.12. The number of benzene rings is 1. The summed E-state index contributed by atoms with van der Waals surface area (Å²) < 4.78 is 11.1. The van der Waals surface area contributed by atoms with E-state index in [2.05, 4.69) is 11.4 Å². The molecular formula is C18H27NO2. The van der Waals surface area contributed by atoms with Gasteiger partial charge in [-0.3, -0.25) is 0 Å². The molecule has 2 rings (SSSR count). The van der Waals surface area contributed by atoms with Gasteiger partial charge in [-0.2, -0.15) is 0 Å². The normalized spacial score (nSPS) is 19.9. The molecule has 0 amide bonds. The number of likely N-dealkylation sites (N-methyl/N-ethyl adjacent to an activating group) is 1. The van der Waals surface area contributed by atoms with Crippen molar-refractivity contribution in [3.05, 3.63) is 35.4 Å². The zero-order chi connectivity index (χ0) is 15.1. The first kappa shape index (κ1) is 15.9. The van der Waals surface area contributed by atoms with Gasteiger partial charge in [0.2, 0.25) is 0 Å². The average molecular weight is 289 g/mol. The number of methoxy groups -OCH3 is 2. The van der Waals surface area contributed by atoms with Crippen LogP contribution in [0.5, 0.6) is 11.5 Å². The molecular weight excluding hydrogens is 262 g/mol. The highest BCUT2D eigenvalue weighted by Gasteiger charge is 2.23. The molecule has 0 radical (unpaired) electrons. The number of hydrogen-bond donors (Lipinski definition) is 1. The van der Waals surface area contributed by atoms with Crippen molar-refractivity contribution in [2.24, 2.45) is 0 Å². The zero-order valence-electron chi connectivity index (χ0n) is 13.4. The Balaban J connectivity index is 2.40. The van der Waals surface area contributed by atoms with Crippen molar-refractivity contribution in [2.45, 2.75) is 44.6 Å². The van der Waals surface area contributed by atoms with Gasteiger partial charge in [-0.05, 0) is 44.9 Å². The standard InChI is InChI=1S/C18H27NO2/c1-19-18(14-10-7-5-4-6-8-11-14)17-15(20-2)12-9-13-16(17)21-3/h9-10,12-13,18-19H,4-8,11H2,1-3H3/b14-10+. The molecule has 21 heavy (non-hydrogen) atoms. The number of rotatable bonds is 5. The Morgan fingerprint density at radius 3 is 2.29 bits per heavy atom. The van der Waals surface area contributed by atoms with Crippen molar-refractivity contribution in [1.29, 1.82) is 0 Å². The fourth-order valence-electron chi connectivity index (χ4n) is 3.16. The Morgan fingerprint density at radius 2 is 1.67 bits per heavy atom. The molecule has 1 aromatic rings. The predicted molar refractivity (Wildman–Crippen MR) is 87.1 cm³/mol. The molecule has 3 nitrogen and oxygen atoms in total. The number of hydrogen-bond acceptors (Lipinski definition) is 3. The lowest BCUT2D eigenvalue weighted by molar-refractivity contribution is 0.377. The van der Waals surface area contributed by atoms with E-state index in [-0.39, 0.29) is 6.04 Å². The SMILES string of the molecule is CNC(/C1=C/CCCCCC1)c1c(OC)cccc1OC. The highest BCUT2D eigenvalue weighted by atomic mass is 16.5. The molecule has 0 aliphatic heterocycles. The van der Waals surface area contributed by atoms with E-state index in [1.807, 2.05) is 25.2 Å². The summed E-state index contributed by atoms with van der Waals surface area (Å²) in [5, 5.41) is 3.46. The van der Waals surface area contributed by atoms with E-state index in [4.69, 9.17) is 9.47 Å². The third-order valence-electron chi connectivity index (χ3n) is 4.24. The molecule has 1 N–H and O–H groups in total. The second kappa shape index (κ2) is 8.08. The van der Waals surface area contributed by atoms with E-state index in [1.165, 1.54) is 37.7 Å². The molecule has 116 valence electrons. The summed E-state index contributed by atoms with van der Waals surface area (Å²) in [6, 6.07) is 6.15. The summed E-state index contributed by atoms with van der Waals surface area (Å²) in [7, 11) is 5.45. The second-order valence-corrected chi connectivity index (χ2v) is 5.53. The Morgan fingerprint density at radius 1 is 1.00 bits per heavy atom. The van der Waals surface area contributed by atoms with Crippen molar-refractivity contribution >= 4 is 0 Å². The van der Waals surface area contributed by atoms with Crippen LogP contribution in [0.1, 0.15) is 50.1 Å². The first-order valence-corrected chi connectivity index (χ1v) is 7.89. The zero-order valence-corrected chi connectivity index (χ0v) is 13.4. The molecule has 0 saturated heterocycles. The van der Waals surface area contributed by atoms with Gasteiger partial charge in [0.05, 0.1) is 25.8 Å². The first-order chi connectivity index (χ1) is 10.3. The highest BCUT2D eigenvalue weighted by molar-refractivity contribution is 5.50. The van der Waals surface area contributed by atoms with Crippen molar-refractivity contribution in [2.75, 3.05) is 21.3 Å². The van der Waals surface area contributed by atoms with Crippen LogP contribution in [0.15, 0.2) is 29.8 Å². The van der Waals surface area contributed by atoms with Gasteiger partial charge >= 0.3 is 0 Å². The maximum absolute atomic E-state index is 5.57. The molecule has 0 saturated carbocycles. The molecule has 0 spiro atoms. The monoisotopic (exact) mass is 289 g/mol. The average Bonchev–Trinajstić information content (AvgIpc) is 2.49. The van der Waals surface area contributed by atoms with Crippen LogP contribution >= 0.6 is 0 Å². The number of nitrogens with one attached hydrogen (secondary N) is 1. The minimum atomic E-state index is 0.161.